The summed E-state index contributed by atoms with van der Waals surface area (Å²) in [5, 5.41) is 0. The number of hydrogen-bond donors (Lipinski definition) is 2. The molecular formula is C8H15N3O2. The summed E-state index contributed by atoms with van der Waals surface area (Å²) in [5.74, 6) is -0.675. The van der Waals surface area contributed by atoms with E-state index < -0.39 is 0 Å². The van der Waals surface area contributed by atoms with Gasteiger partial charge in [-0.15, -0.1) is 0 Å². The fourth-order valence-corrected chi connectivity index (χ4v) is 1.46. The Morgan fingerprint density at radius 2 is 2.31 bits per heavy atom. The van der Waals surface area contributed by atoms with E-state index in [9.17, 15) is 9.59 Å². The molecule has 1 aliphatic rings. The highest BCUT2D eigenvalue weighted by Gasteiger charge is 2.32. The maximum absolute atomic E-state index is 11.3. The van der Waals surface area contributed by atoms with Gasteiger partial charge in [-0.1, -0.05) is 0 Å². The van der Waals surface area contributed by atoms with Gasteiger partial charge in [0.25, 0.3) is 0 Å². The summed E-state index contributed by atoms with van der Waals surface area (Å²) >= 11 is 0. The Morgan fingerprint density at radius 1 is 1.62 bits per heavy atom. The normalized spacial score (nSPS) is 22.4. The van der Waals surface area contributed by atoms with E-state index in [1.54, 1.807) is 4.90 Å². The van der Waals surface area contributed by atoms with Gasteiger partial charge in [-0.2, -0.15) is 0 Å². The van der Waals surface area contributed by atoms with E-state index in [1.807, 2.05) is 0 Å². The highest BCUT2D eigenvalue weighted by Crippen LogP contribution is 2.16. The average Bonchev–Trinajstić information content (AvgIpc) is 2.44. The van der Waals surface area contributed by atoms with Crippen LogP contribution in [0.15, 0.2) is 0 Å². The minimum absolute atomic E-state index is 0.0113. The van der Waals surface area contributed by atoms with E-state index in [0.717, 1.165) is 6.42 Å². The van der Waals surface area contributed by atoms with E-state index in [1.165, 1.54) is 0 Å². The topological polar surface area (TPSA) is 89.4 Å². The number of carbonyl (C=O) groups excluding carboxylic acids is 2. The number of rotatable bonds is 4. The first-order valence-electron chi connectivity index (χ1n) is 4.42. The lowest BCUT2D eigenvalue weighted by molar-refractivity contribution is -0.128. The third-order valence-corrected chi connectivity index (χ3v) is 2.25. The predicted molar refractivity (Wildman–Crippen MR) is 47.6 cm³/mol. The van der Waals surface area contributed by atoms with Crippen LogP contribution in [-0.4, -0.2) is 36.3 Å². The Bertz CT molecular complexity index is 217. The molecule has 1 heterocycles. The molecule has 0 bridgehead atoms. The average molecular weight is 185 g/mol. The Kier molecular flexibility index (Phi) is 3.25. The molecule has 0 aromatic rings. The van der Waals surface area contributed by atoms with E-state index in [2.05, 4.69) is 0 Å². The standard InChI is InChI=1S/C8H15N3O2/c9-2-1-3-11-5-6(8(10)13)4-7(11)12/h6H,1-5,9H2,(H2,10,13). The van der Waals surface area contributed by atoms with Crippen LogP contribution in [-0.2, 0) is 9.59 Å². The molecule has 0 radical (unpaired) electrons. The minimum atomic E-state index is -0.386. The Balaban J connectivity index is 2.42. The molecule has 1 atom stereocenters. The monoisotopic (exact) mass is 185 g/mol. The lowest BCUT2D eigenvalue weighted by Crippen LogP contribution is -2.30. The molecule has 1 rings (SSSR count). The second-order valence-corrected chi connectivity index (χ2v) is 3.29. The largest absolute Gasteiger partial charge is 0.369 e. The quantitative estimate of drug-likeness (QED) is 0.568. The molecule has 5 nitrogen and oxygen atoms in total. The van der Waals surface area contributed by atoms with Gasteiger partial charge in [0.1, 0.15) is 0 Å². The highest BCUT2D eigenvalue weighted by molar-refractivity contribution is 5.88. The van der Waals surface area contributed by atoms with Gasteiger partial charge in [0.2, 0.25) is 11.8 Å². The summed E-state index contributed by atoms with van der Waals surface area (Å²) in [6, 6.07) is 0. The molecule has 0 spiro atoms. The van der Waals surface area contributed by atoms with Crippen LogP contribution >= 0.6 is 0 Å². The van der Waals surface area contributed by atoms with Crippen molar-refractivity contribution in [2.75, 3.05) is 19.6 Å². The van der Waals surface area contributed by atoms with Crippen LogP contribution in [0.25, 0.3) is 0 Å². The summed E-state index contributed by atoms with van der Waals surface area (Å²) in [5.41, 5.74) is 10.4. The van der Waals surface area contributed by atoms with Crippen LogP contribution in [0.1, 0.15) is 12.8 Å². The Labute approximate surface area is 77.1 Å². The van der Waals surface area contributed by atoms with Crippen LogP contribution in [0.5, 0.6) is 0 Å². The van der Waals surface area contributed by atoms with Crippen LogP contribution < -0.4 is 11.5 Å². The first kappa shape index (κ1) is 9.98. The molecule has 0 saturated carbocycles. The Morgan fingerprint density at radius 3 is 2.77 bits per heavy atom. The maximum Gasteiger partial charge on any atom is 0.223 e. The van der Waals surface area contributed by atoms with Gasteiger partial charge < -0.3 is 16.4 Å². The van der Waals surface area contributed by atoms with E-state index in [4.69, 9.17) is 11.5 Å². The highest BCUT2D eigenvalue weighted by atomic mass is 16.2. The number of carbonyl (C=O) groups is 2. The smallest absolute Gasteiger partial charge is 0.223 e. The maximum atomic E-state index is 11.3. The van der Waals surface area contributed by atoms with Crippen molar-refractivity contribution in [1.82, 2.24) is 4.90 Å². The van der Waals surface area contributed by atoms with Gasteiger partial charge in [-0.05, 0) is 13.0 Å². The molecule has 4 N–H and O–H groups in total. The number of hydrogen-bond acceptors (Lipinski definition) is 3. The van der Waals surface area contributed by atoms with E-state index in [0.29, 0.717) is 19.6 Å². The van der Waals surface area contributed by atoms with Crippen LogP contribution in [0.3, 0.4) is 0 Å². The summed E-state index contributed by atoms with van der Waals surface area (Å²) in [7, 11) is 0. The lowest BCUT2D eigenvalue weighted by Gasteiger charge is -2.14. The zero-order chi connectivity index (χ0) is 9.84. The molecule has 1 fully saturated rings. The molecule has 0 aromatic carbocycles. The van der Waals surface area contributed by atoms with Crippen molar-refractivity contribution >= 4 is 11.8 Å². The SMILES string of the molecule is NCCCN1CC(C(N)=O)CC1=O. The second-order valence-electron chi connectivity index (χ2n) is 3.29. The zero-order valence-corrected chi connectivity index (χ0v) is 7.53. The molecule has 1 aliphatic heterocycles. The predicted octanol–water partition coefficient (Wildman–Crippen LogP) is -1.33. The van der Waals surface area contributed by atoms with Crippen molar-refractivity contribution in [3.8, 4) is 0 Å². The molecule has 0 aromatic heterocycles. The molecular weight excluding hydrogens is 170 g/mol. The van der Waals surface area contributed by atoms with Crippen LogP contribution in [0.4, 0.5) is 0 Å². The van der Waals surface area contributed by atoms with Crippen molar-refractivity contribution < 1.29 is 9.59 Å². The van der Waals surface area contributed by atoms with Gasteiger partial charge in [0.05, 0.1) is 5.92 Å². The summed E-state index contributed by atoms with van der Waals surface area (Å²) < 4.78 is 0. The van der Waals surface area contributed by atoms with E-state index >= 15 is 0 Å². The first-order chi connectivity index (χ1) is 6.15. The Hall–Kier alpha value is -1.10. The van der Waals surface area contributed by atoms with Crippen molar-refractivity contribution in [3.05, 3.63) is 0 Å². The lowest BCUT2D eigenvalue weighted by atomic mass is 10.1. The van der Waals surface area contributed by atoms with E-state index in [-0.39, 0.29) is 24.2 Å². The summed E-state index contributed by atoms with van der Waals surface area (Å²) in [4.78, 5) is 23.7. The number of amides is 2. The molecule has 0 aliphatic carbocycles. The molecule has 5 heteroatoms. The first-order valence-corrected chi connectivity index (χ1v) is 4.42. The van der Waals surface area contributed by atoms with Crippen LogP contribution in [0, 0.1) is 5.92 Å². The van der Waals surface area contributed by atoms with Gasteiger partial charge in [0, 0.05) is 19.5 Å². The number of primary amides is 1. The number of nitrogens with two attached hydrogens (primary N) is 2. The van der Waals surface area contributed by atoms with Crippen molar-refractivity contribution in [2.24, 2.45) is 17.4 Å². The summed E-state index contributed by atoms with van der Waals surface area (Å²) in [6.07, 6.45) is 1.04. The zero-order valence-electron chi connectivity index (χ0n) is 7.53. The fraction of sp³-hybridized carbons (Fsp3) is 0.750. The van der Waals surface area contributed by atoms with Crippen molar-refractivity contribution in [1.29, 1.82) is 0 Å². The third-order valence-electron chi connectivity index (χ3n) is 2.25. The summed E-state index contributed by atoms with van der Waals surface area (Å²) in [6.45, 7) is 1.66. The minimum Gasteiger partial charge on any atom is -0.369 e. The van der Waals surface area contributed by atoms with Gasteiger partial charge in [-0.3, -0.25) is 9.59 Å². The van der Waals surface area contributed by atoms with Gasteiger partial charge >= 0.3 is 0 Å². The molecule has 1 saturated heterocycles. The molecule has 74 valence electrons. The second kappa shape index (κ2) is 4.23. The number of nitrogens with zero attached hydrogens (tertiary/aromatic N) is 1. The number of likely N-dealkylation sites (tertiary alicyclic amines) is 1. The third kappa shape index (κ3) is 2.42. The molecule has 1 unspecified atom stereocenters. The molecule has 13 heavy (non-hydrogen) atoms. The molecule has 2 amide bonds. The van der Waals surface area contributed by atoms with Crippen molar-refractivity contribution in [2.45, 2.75) is 12.8 Å². The van der Waals surface area contributed by atoms with Gasteiger partial charge in [-0.25, -0.2) is 0 Å². The van der Waals surface area contributed by atoms with Gasteiger partial charge in [0.15, 0.2) is 0 Å². The van der Waals surface area contributed by atoms with Crippen LogP contribution in [0.2, 0.25) is 0 Å². The van der Waals surface area contributed by atoms with Crippen molar-refractivity contribution in [3.63, 3.8) is 0 Å². The fourth-order valence-electron chi connectivity index (χ4n) is 1.46.